The minimum absolute atomic E-state index is 0.0937. The fourth-order valence-corrected chi connectivity index (χ4v) is 2.83. The van der Waals surface area contributed by atoms with Gasteiger partial charge in [-0.3, -0.25) is 9.48 Å². The summed E-state index contributed by atoms with van der Waals surface area (Å²) in [6, 6.07) is 16.3. The van der Waals surface area contributed by atoms with Crippen LogP contribution in [0.25, 0.3) is 11.3 Å². The van der Waals surface area contributed by atoms with Gasteiger partial charge in [0.1, 0.15) is 5.69 Å². The fourth-order valence-electron chi connectivity index (χ4n) is 2.83. The van der Waals surface area contributed by atoms with Crippen LogP contribution in [-0.4, -0.2) is 28.3 Å². The first kappa shape index (κ1) is 18.9. The van der Waals surface area contributed by atoms with Crippen molar-refractivity contribution in [2.24, 2.45) is 5.73 Å². The third-order valence-corrected chi connectivity index (χ3v) is 4.53. The Bertz CT molecular complexity index is 910. The van der Waals surface area contributed by atoms with E-state index in [2.05, 4.69) is 36.5 Å². The van der Waals surface area contributed by atoms with Gasteiger partial charge in [0, 0.05) is 24.3 Å². The molecule has 140 valence electrons. The molecule has 5 nitrogen and oxygen atoms in total. The van der Waals surface area contributed by atoms with Crippen molar-refractivity contribution in [3.8, 4) is 11.3 Å². The molecule has 1 atom stereocenters. The summed E-state index contributed by atoms with van der Waals surface area (Å²) in [5, 5.41) is 7.64. The number of aromatic nitrogens is 2. The number of benzene rings is 2. The van der Waals surface area contributed by atoms with Crippen molar-refractivity contribution in [1.82, 2.24) is 15.1 Å². The second kappa shape index (κ2) is 8.18. The lowest BCUT2D eigenvalue weighted by Crippen LogP contribution is -2.37. The predicted molar refractivity (Wildman–Crippen MR) is 109 cm³/mol. The van der Waals surface area contributed by atoms with Crippen molar-refractivity contribution in [3.63, 3.8) is 0 Å². The van der Waals surface area contributed by atoms with Gasteiger partial charge in [-0.25, -0.2) is 0 Å². The van der Waals surface area contributed by atoms with Gasteiger partial charge >= 0.3 is 0 Å². The third kappa shape index (κ3) is 4.63. The molecule has 5 heteroatoms. The number of nitrogens with two attached hydrogens (primary N) is 1. The topological polar surface area (TPSA) is 72.9 Å². The maximum Gasteiger partial charge on any atom is 0.255 e. The van der Waals surface area contributed by atoms with Crippen molar-refractivity contribution in [3.05, 3.63) is 77.0 Å². The van der Waals surface area contributed by atoms with Crippen LogP contribution >= 0.6 is 0 Å². The Hall–Kier alpha value is -2.92. The van der Waals surface area contributed by atoms with E-state index in [1.54, 1.807) is 0 Å². The van der Waals surface area contributed by atoms with Crippen LogP contribution in [0.4, 0.5) is 0 Å². The monoisotopic (exact) mass is 362 g/mol. The molecule has 0 spiro atoms. The molecule has 3 rings (SSSR count). The van der Waals surface area contributed by atoms with Gasteiger partial charge in [-0.05, 0) is 26.3 Å². The molecule has 1 heterocycles. The van der Waals surface area contributed by atoms with Crippen LogP contribution in [0.2, 0.25) is 0 Å². The molecule has 0 fully saturated rings. The number of rotatable bonds is 6. The molecule has 1 aromatic heterocycles. The molecule has 0 bridgehead atoms. The Kier molecular flexibility index (Phi) is 5.72. The van der Waals surface area contributed by atoms with Gasteiger partial charge in [-0.1, -0.05) is 59.7 Å². The smallest absolute Gasteiger partial charge is 0.255 e. The van der Waals surface area contributed by atoms with E-state index in [-0.39, 0.29) is 11.9 Å². The van der Waals surface area contributed by atoms with E-state index in [0.29, 0.717) is 24.3 Å². The number of aryl methyl sites for hydroxylation is 2. The van der Waals surface area contributed by atoms with Crippen molar-refractivity contribution < 1.29 is 4.79 Å². The van der Waals surface area contributed by atoms with Crippen LogP contribution in [0.5, 0.6) is 0 Å². The highest BCUT2D eigenvalue weighted by Crippen LogP contribution is 2.23. The third-order valence-electron chi connectivity index (χ3n) is 4.53. The molecule has 2 aromatic carbocycles. The van der Waals surface area contributed by atoms with Crippen LogP contribution in [0.15, 0.2) is 54.7 Å². The molecule has 0 saturated carbocycles. The zero-order chi connectivity index (χ0) is 19.4. The largest absolute Gasteiger partial charge is 0.348 e. The Morgan fingerprint density at radius 3 is 2.26 bits per heavy atom. The van der Waals surface area contributed by atoms with Gasteiger partial charge in [0.25, 0.3) is 5.91 Å². The van der Waals surface area contributed by atoms with Crippen molar-refractivity contribution in [2.45, 2.75) is 33.4 Å². The number of nitrogens with zero attached hydrogens (tertiary/aromatic N) is 2. The van der Waals surface area contributed by atoms with Crippen LogP contribution in [0.3, 0.4) is 0 Å². The van der Waals surface area contributed by atoms with Gasteiger partial charge in [-0.2, -0.15) is 5.10 Å². The number of amides is 1. The zero-order valence-electron chi connectivity index (χ0n) is 16.1. The predicted octanol–water partition coefficient (Wildman–Crippen LogP) is 3.29. The molecule has 3 aromatic rings. The van der Waals surface area contributed by atoms with Crippen molar-refractivity contribution in [1.29, 1.82) is 0 Å². The molecular weight excluding hydrogens is 336 g/mol. The van der Waals surface area contributed by atoms with Gasteiger partial charge in [0.2, 0.25) is 0 Å². The molecule has 0 aliphatic carbocycles. The van der Waals surface area contributed by atoms with Crippen molar-refractivity contribution >= 4 is 5.91 Å². The highest BCUT2D eigenvalue weighted by molar-refractivity contribution is 6.00. The number of carbonyl (C=O) groups excluding carboxylic acids is 1. The number of nitrogens with one attached hydrogen (secondary N) is 1. The van der Waals surface area contributed by atoms with Crippen LogP contribution in [0.1, 0.15) is 34.0 Å². The molecule has 0 aliphatic rings. The lowest BCUT2D eigenvalue weighted by Gasteiger charge is -2.11. The lowest BCUT2D eigenvalue weighted by atomic mass is 10.1. The molecule has 0 aliphatic heterocycles. The van der Waals surface area contributed by atoms with E-state index in [1.165, 1.54) is 11.1 Å². The first-order chi connectivity index (χ1) is 13.0. The van der Waals surface area contributed by atoms with E-state index in [1.807, 2.05) is 49.0 Å². The van der Waals surface area contributed by atoms with Crippen LogP contribution in [-0.2, 0) is 6.54 Å². The number of hydrogen-bond donors (Lipinski definition) is 2. The molecular formula is C22H26N4O. The molecule has 0 saturated heterocycles. The quantitative estimate of drug-likeness (QED) is 0.707. The molecule has 0 radical (unpaired) electrons. The van der Waals surface area contributed by atoms with Crippen LogP contribution < -0.4 is 11.1 Å². The second-order valence-corrected chi connectivity index (χ2v) is 7.05. The molecule has 0 unspecified atom stereocenters. The van der Waals surface area contributed by atoms with Crippen LogP contribution in [0, 0.1) is 13.8 Å². The van der Waals surface area contributed by atoms with Gasteiger partial charge in [-0.15, -0.1) is 0 Å². The SMILES string of the molecule is Cc1ccc(Cn2cc(C(=O)N[C@@H](C)CN)c(-c3ccc(C)cc3)n2)cc1. The summed E-state index contributed by atoms with van der Waals surface area (Å²) in [6.07, 6.45) is 1.81. The zero-order valence-corrected chi connectivity index (χ0v) is 16.1. The standard InChI is InChI=1S/C22H26N4O/c1-15-4-8-18(9-5-15)13-26-14-20(22(27)24-17(3)12-23)21(25-26)19-10-6-16(2)7-11-19/h4-11,14,17H,12-13,23H2,1-3H3,(H,24,27)/t17-/m0/s1. The summed E-state index contributed by atoms with van der Waals surface area (Å²) in [6.45, 7) is 6.99. The van der Waals surface area contributed by atoms with Crippen molar-refractivity contribution in [2.75, 3.05) is 6.54 Å². The number of carbonyl (C=O) groups is 1. The van der Waals surface area contributed by atoms with Gasteiger partial charge in [0.05, 0.1) is 12.1 Å². The maximum absolute atomic E-state index is 12.8. The Morgan fingerprint density at radius 2 is 1.67 bits per heavy atom. The maximum atomic E-state index is 12.8. The fraction of sp³-hybridized carbons (Fsp3) is 0.273. The highest BCUT2D eigenvalue weighted by Gasteiger charge is 2.19. The van der Waals surface area contributed by atoms with Gasteiger partial charge in [0.15, 0.2) is 0 Å². The Labute approximate surface area is 160 Å². The molecule has 1 amide bonds. The summed E-state index contributed by atoms with van der Waals surface area (Å²) in [5.74, 6) is -0.154. The van der Waals surface area contributed by atoms with E-state index in [0.717, 1.165) is 11.1 Å². The van der Waals surface area contributed by atoms with E-state index in [9.17, 15) is 4.79 Å². The summed E-state index contributed by atoms with van der Waals surface area (Å²) >= 11 is 0. The first-order valence-electron chi connectivity index (χ1n) is 9.17. The Balaban J connectivity index is 1.96. The van der Waals surface area contributed by atoms with Gasteiger partial charge < -0.3 is 11.1 Å². The summed E-state index contributed by atoms with van der Waals surface area (Å²) < 4.78 is 1.82. The molecule has 27 heavy (non-hydrogen) atoms. The van der Waals surface area contributed by atoms with E-state index >= 15 is 0 Å². The minimum atomic E-state index is -0.154. The molecule has 3 N–H and O–H groups in total. The Morgan fingerprint density at radius 1 is 1.07 bits per heavy atom. The summed E-state index contributed by atoms with van der Waals surface area (Å²) in [5.41, 5.74) is 11.3. The lowest BCUT2D eigenvalue weighted by molar-refractivity contribution is 0.0942. The van der Waals surface area contributed by atoms with E-state index in [4.69, 9.17) is 10.8 Å². The van der Waals surface area contributed by atoms with E-state index < -0.39 is 0 Å². The second-order valence-electron chi connectivity index (χ2n) is 7.05. The summed E-state index contributed by atoms with van der Waals surface area (Å²) in [4.78, 5) is 12.8. The number of hydrogen-bond acceptors (Lipinski definition) is 3. The first-order valence-corrected chi connectivity index (χ1v) is 9.17. The normalized spacial score (nSPS) is 12.0. The average molecular weight is 362 g/mol. The highest BCUT2D eigenvalue weighted by atomic mass is 16.1. The average Bonchev–Trinajstić information content (AvgIpc) is 3.08. The minimum Gasteiger partial charge on any atom is -0.348 e. The summed E-state index contributed by atoms with van der Waals surface area (Å²) in [7, 11) is 0.